The van der Waals surface area contributed by atoms with E-state index in [-0.39, 0.29) is 11.5 Å². The third-order valence-electron chi connectivity index (χ3n) is 3.61. The minimum Gasteiger partial charge on any atom is -0.506 e. The molecule has 0 saturated carbocycles. The Morgan fingerprint density at radius 1 is 0.591 bits per heavy atom. The molecule has 0 unspecified atom stereocenters. The zero-order valence-electron chi connectivity index (χ0n) is 11.8. The van der Waals surface area contributed by atoms with Crippen LogP contribution in [-0.4, -0.2) is 10.2 Å². The number of hydrogen-bond acceptors (Lipinski definition) is 4. The standard InChI is InChI=1S/C18H16N2O2/c19-15-7-5-11(9-17(15)21)13-3-1-2-4-14(13)12-6-8-16(20)18(22)10-12/h1-10,21-22H,19-20H2. The number of aromatic hydroxyl groups is 2. The first-order valence-electron chi connectivity index (χ1n) is 6.83. The Bertz CT molecular complexity index is 774. The van der Waals surface area contributed by atoms with Crippen LogP contribution in [0.15, 0.2) is 60.7 Å². The van der Waals surface area contributed by atoms with E-state index in [4.69, 9.17) is 11.5 Å². The second-order valence-corrected chi connectivity index (χ2v) is 5.09. The van der Waals surface area contributed by atoms with Crippen LogP contribution in [-0.2, 0) is 0 Å². The van der Waals surface area contributed by atoms with Crippen molar-refractivity contribution in [1.29, 1.82) is 0 Å². The fraction of sp³-hybridized carbons (Fsp3) is 0. The van der Waals surface area contributed by atoms with Gasteiger partial charge in [0.05, 0.1) is 11.4 Å². The number of anilines is 2. The summed E-state index contributed by atoms with van der Waals surface area (Å²) in [6.45, 7) is 0. The number of hydrogen-bond donors (Lipinski definition) is 4. The molecule has 110 valence electrons. The van der Waals surface area contributed by atoms with Crippen molar-refractivity contribution in [3.05, 3.63) is 60.7 Å². The Hall–Kier alpha value is -3.14. The van der Waals surface area contributed by atoms with E-state index < -0.39 is 0 Å². The van der Waals surface area contributed by atoms with E-state index in [1.165, 1.54) is 0 Å². The molecule has 4 nitrogen and oxygen atoms in total. The maximum atomic E-state index is 9.82. The molecule has 0 heterocycles. The molecule has 0 radical (unpaired) electrons. The normalized spacial score (nSPS) is 10.5. The SMILES string of the molecule is Nc1ccc(-c2ccccc2-c2ccc(N)c(O)c2)cc1O. The fourth-order valence-electron chi connectivity index (χ4n) is 2.41. The van der Waals surface area contributed by atoms with E-state index in [0.29, 0.717) is 11.4 Å². The monoisotopic (exact) mass is 292 g/mol. The number of benzene rings is 3. The molecular formula is C18H16N2O2. The third kappa shape index (κ3) is 2.42. The Morgan fingerprint density at radius 2 is 1.00 bits per heavy atom. The molecule has 0 aliphatic carbocycles. The van der Waals surface area contributed by atoms with Crippen LogP contribution in [0.2, 0.25) is 0 Å². The summed E-state index contributed by atoms with van der Waals surface area (Å²) in [6, 6.07) is 18.0. The summed E-state index contributed by atoms with van der Waals surface area (Å²) in [5.74, 6) is 0.0971. The van der Waals surface area contributed by atoms with Gasteiger partial charge in [-0.2, -0.15) is 0 Å². The van der Waals surface area contributed by atoms with E-state index in [1.54, 1.807) is 24.3 Å². The second-order valence-electron chi connectivity index (χ2n) is 5.09. The summed E-state index contributed by atoms with van der Waals surface area (Å²) in [5.41, 5.74) is 15.5. The Balaban J connectivity index is 2.17. The Morgan fingerprint density at radius 3 is 1.36 bits per heavy atom. The lowest BCUT2D eigenvalue weighted by Gasteiger charge is -2.12. The van der Waals surface area contributed by atoms with Crippen molar-refractivity contribution in [3.63, 3.8) is 0 Å². The van der Waals surface area contributed by atoms with Gasteiger partial charge in [0.15, 0.2) is 0 Å². The van der Waals surface area contributed by atoms with Crippen molar-refractivity contribution in [2.75, 3.05) is 11.5 Å². The minimum atomic E-state index is 0.0486. The second kappa shape index (κ2) is 5.33. The van der Waals surface area contributed by atoms with Crippen LogP contribution in [0.25, 0.3) is 22.3 Å². The summed E-state index contributed by atoms with van der Waals surface area (Å²) in [4.78, 5) is 0. The Kier molecular flexibility index (Phi) is 3.35. The molecule has 0 amide bonds. The van der Waals surface area contributed by atoms with Gasteiger partial charge in [-0.15, -0.1) is 0 Å². The predicted molar refractivity (Wildman–Crippen MR) is 89.5 cm³/mol. The van der Waals surface area contributed by atoms with Gasteiger partial charge in [-0.05, 0) is 46.5 Å². The van der Waals surface area contributed by atoms with Crippen LogP contribution in [0, 0.1) is 0 Å². The molecule has 3 rings (SSSR count). The largest absolute Gasteiger partial charge is 0.506 e. The lowest BCUT2D eigenvalue weighted by Crippen LogP contribution is -1.90. The maximum Gasteiger partial charge on any atom is 0.139 e. The summed E-state index contributed by atoms with van der Waals surface area (Å²) in [5, 5.41) is 19.6. The molecule has 3 aromatic carbocycles. The van der Waals surface area contributed by atoms with Crippen molar-refractivity contribution in [3.8, 4) is 33.8 Å². The highest BCUT2D eigenvalue weighted by Gasteiger charge is 2.10. The molecular weight excluding hydrogens is 276 g/mol. The number of nitrogens with two attached hydrogens (primary N) is 2. The smallest absolute Gasteiger partial charge is 0.139 e. The first-order valence-corrected chi connectivity index (χ1v) is 6.83. The number of rotatable bonds is 2. The first kappa shape index (κ1) is 13.8. The van der Waals surface area contributed by atoms with Gasteiger partial charge in [0.25, 0.3) is 0 Å². The lowest BCUT2D eigenvalue weighted by atomic mass is 9.94. The lowest BCUT2D eigenvalue weighted by molar-refractivity contribution is 0.477. The average Bonchev–Trinajstić information content (AvgIpc) is 2.53. The van der Waals surface area contributed by atoms with Gasteiger partial charge >= 0.3 is 0 Å². The van der Waals surface area contributed by atoms with Gasteiger partial charge in [-0.1, -0.05) is 36.4 Å². The summed E-state index contributed by atoms with van der Waals surface area (Å²) < 4.78 is 0. The van der Waals surface area contributed by atoms with E-state index in [9.17, 15) is 10.2 Å². The van der Waals surface area contributed by atoms with Crippen LogP contribution in [0.3, 0.4) is 0 Å². The zero-order chi connectivity index (χ0) is 15.7. The molecule has 0 fully saturated rings. The summed E-state index contributed by atoms with van der Waals surface area (Å²) in [6.07, 6.45) is 0. The van der Waals surface area contributed by atoms with Crippen molar-refractivity contribution < 1.29 is 10.2 Å². The molecule has 0 bridgehead atoms. The molecule has 0 spiro atoms. The molecule has 0 atom stereocenters. The summed E-state index contributed by atoms with van der Waals surface area (Å²) >= 11 is 0. The zero-order valence-corrected chi connectivity index (χ0v) is 11.8. The predicted octanol–water partition coefficient (Wildman–Crippen LogP) is 3.60. The molecule has 22 heavy (non-hydrogen) atoms. The van der Waals surface area contributed by atoms with Gasteiger partial charge in [-0.25, -0.2) is 0 Å². The quantitative estimate of drug-likeness (QED) is 0.429. The maximum absolute atomic E-state index is 9.82. The first-order chi connectivity index (χ1) is 10.6. The van der Waals surface area contributed by atoms with Crippen molar-refractivity contribution in [1.82, 2.24) is 0 Å². The van der Waals surface area contributed by atoms with Crippen molar-refractivity contribution >= 4 is 11.4 Å². The van der Waals surface area contributed by atoms with Gasteiger partial charge in [0.1, 0.15) is 11.5 Å². The van der Waals surface area contributed by atoms with Gasteiger partial charge in [-0.3, -0.25) is 0 Å². The third-order valence-corrected chi connectivity index (χ3v) is 3.61. The minimum absolute atomic E-state index is 0.0486. The van der Waals surface area contributed by atoms with Crippen LogP contribution in [0.1, 0.15) is 0 Å². The molecule has 3 aromatic rings. The van der Waals surface area contributed by atoms with Crippen molar-refractivity contribution in [2.24, 2.45) is 0 Å². The Labute approximate surface area is 128 Å². The van der Waals surface area contributed by atoms with Crippen LogP contribution >= 0.6 is 0 Å². The highest BCUT2D eigenvalue weighted by Crippen LogP contribution is 2.36. The number of nitrogen functional groups attached to an aromatic ring is 2. The highest BCUT2D eigenvalue weighted by molar-refractivity contribution is 5.85. The van der Waals surface area contributed by atoms with Crippen molar-refractivity contribution in [2.45, 2.75) is 0 Å². The molecule has 0 saturated heterocycles. The molecule has 4 heteroatoms. The highest BCUT2D eigenvalue weighted by atomic mass is 16.3. The van der Waals surface area contributed by atoms with Crippen LogP contribution < -0.4 is 11.5 Å². The average molecular weight is 292 g/mol. The van der Waals surface area contributed by atoms with Crippen LogP contribution in [0.4, 0.5) is 11.4 Å². The molecule has 0 aliphatic rings. The molecule has 0 aliphatic heterocycles. The molecule has 0 aromatic heterocycles. The number of phenols is 2. The van der Waals surface area contributed by atoms with Gasteiger partial charge < -0.3 is 21.7 Å². The van der Waals surface area contributed by atoms with E-state index in [0.717, 1.165) is 22.3 Å². The van der Waals surface area contributed by atoms with E-state index >= 15 is 0 Å². The summed E-state index contributed by atoms with van der Waals surface area (Å²) in [7, 11) is 0. The molecule has 6 N–H and O–H groups in total. The van der Waals surface area contributed by atoms with E-state index in [1.807, 2.05) is 36.4 Å². The van der Waals surface area contributed by atoms with E-state index in [2.05, 4.69) is 0 Å². The van der Waals surface area contributed by atoms with Gasteiger partial charge in [0.2, 0.25) is 0 Å². The topological polar surface area (TPSA) is 92.5 Å². The van der Waals surface area contributed by atoms with Crippen LogP contribution in [0.5, 0.6) is 11.5 Å². The number of phenolic OH excluding ortho intramolecular Hbond substituents is 2. The van der Waals surface area contributed by atoms with Gasteiger partial charge in [0, 0.05) is 0 Å². The fourth-order valence-corrected chi connectivity index (χ4v) is 2.41.